The summed E-state index contributed by atoms with van der Waals surface area (Å²) in [6.45, 7) is 2.92. The quantitative estimate of drug-likeness (QED) is 0.414. The van der Waals surface area contributed by atoms with Crippen LogP contribution in [-0.2, 0) is 20.9 Å². The van der Waals surface area contributed by atoms with Gasteiger partial charge in [-0.15, -0.1) is 0 Å². The lowest BCUT2D eigenvalue weighted by Gasteiger charge is -2.11. The molecule has 1 amide bonds. The first-order valence-corrected chi connectivity index (χ1v) is 10.8. The lowest BCUT2D eigenvalue weighted by molar-refractivity contribution is -0.124. The molecule has 8 heteroatoms. The van der Waals surface area contributed by atoms with Crippen LogP contribution in [0.25, 0.3) is 11.0 Å². The molecule has 1 N–H and O–H groups in total. The van der Waals surface area contributed by atoms with E-state index in [0.717, 1.165) is 36.0 Å². The third-order valence-corrected chi connectivity index (χ3v) is 5.40. The van der Waals surface area contributed by atoms with E-state index in [1.165, 1.54) is 6.07 Å². The van der Waals surface area contributed by atoms with Gasteiger partial charge in [-0.1, -0.05) is 12.1 Å². The van der Waals surface area contributed by atoms with Crippen molar-refractivity contribution in [3.05, 3.63) is 75.6 Å². The van der Waals surface area contributed by atoms with Crippen LogP contribution in [0.5, 0.6) is 5.75 Å². The van der Waals surface area contributed by atoms with E-state index in [1.54, 1.807) is 30.3 Å². The Morgan fingerprint density at radius 3 is 2.70 bits per heavy atom. The Bertz CT molecular complexity index is 1190. The first kappa shape index (κ1) is 22.5. The molecule has 1 aliphatic heterocycles. The van der Waals surface area contributed by atoms with Crippen LogP contribution in [0.1, 0.15) is 34.3 Å². The smallest absolute Gasteiger partial charge is 0.338 e. The highest BCUT2D eigenvalue weighted by molar-refractivity contribution is 5.91. The van der Waals surface area contributed by atoms with Crippen LogP contribution in [0.2, 0.25) is 0 Å². The number of rotatable bonds is 8. The molecule has 0 aliphatic carbocycles. The fraction of sp³-hybridized carbons (Fsp3) is 0.320. The van der Waals surface area contributed by atoms with E-state index in [-0.39, 0.29) is 25.2 Å². The van der Waals surface area contributed by atoms with Gasteiger partial charge in [0.1, 0.15) is 17.9 Å². The van der Waals surface area contributed by atoms with Crippen molar-refractivity contribution >= 4 is 22.8 Å². The normalized spacial score (nSPS) is 15.4. The second-order valence-corrected chi connectivity index (χ2v) is 7.91. The first-order valence-electron chi connectivity index (χ1n) is 10.8. The molecule has 172 valence electrons. The minimum Gasteiger partial charge on any atom is -0.489 e. The highest BCUT2D eigenvalue weighted by atomic mass is 16.5. The predicted octanol–water partition coefficient (Wildman–Crippen LogP) is 3.13. The van der Waals surface area contributed by atoms with Crippen LogP contribution in [0.3, 0.4) is 0 Å². The van der Waals surface area contributed by atoms with E-state index in [4.69, 9.17) is 18.6 Å². The Kier molecular flexibility index (Phi) is 7.04. The molecule has 0 spiro atoms. The van der Waals surface area contributed by atoms with Gasteiger partial charge < -0.3 is 23.9 Å². The highest BCUT2D eigenvalue weighted by Gasteiger charge is 2.17. The molecule has 1 aliphatic rings. The first-order chi connectivity index (χ1) is 16.0. The summed E-state index contributed by atoms with van der Waals surface area (Å²) in [5.41, 5.74) is 2.09. The SMILES string of the molecule is Cc1cc(=O)oc2cc(OCc3ccc(C(=O)OCC(=O)NC[C@H]4CCCO4)cc3)ccc12. The number of benzene rings is 2. The minimum atomic E-state index is -0.574. The van der Waals surface area contributed by atoms with E-state index in [0.29, 0.717) is 23.4 Å². The second kappa shape index (κ2) is 10.3. The van der Waals surface area contributed by atoms with Gasteiger partial charge in [0.25, 0.3) is 5.91 Å². The molecule has 2 heterocycles. The fourth-order valence-electron chi connectivity index (χ4n) is 3.60. The van der Waals surface area contributed by atoms with Gasteiger partial charge in [0.2, 0.25) is 0 Å². The number of aryl methyl sites for hydroxylation is 1. The van der Waals surface area contributed by atoms with Crippen molar-refractivity contribution in [2.75, 3.05) is 19.8 Å². The third-order valence-electron chi connectivity index (χ3n) is 5.40. The number of ether oxygens (including phenoxy) is 3. The predicted molar refractivity (Wildman–Crippen MR) is 120 cm³/mol. The standard InChI is InChI=1S/C25H25NO7/c1-16-11-24(28)33-22-12-19(8-9-21(16)22)31-14-17-4-6-18(7-5-17)25(29)32-15-23(27)26-13-20-3-2-10-30-20/h4-9,11-12,20H,2-3,10,13-15H2,1H3,(H,26,27)/t20-/m1/s1. The molecule has 1 saturated heterocycles. The minimum absolute atomic E-state index is 0.0386. The van der Waals surface area contributed by atoms with Crippen LogP contribution in [-0.4, -0.2) is 37.7 Å². The van der Waals surface area contributed by atoms with Crippen molar-refractivity contribution in [2.45, 2.75) is 32.5 Å². The van der Waals surface area contributed by atoms with Crippen molar-refractivity contribution in [3.8, 4) is 5.75 Å². The van der Waals surface area contributed by atoms with Crippen molar-refractivity contribution in [1.82, 2.24) is 5.32 Å². The van der Waals surface area contributed by atoms with Gasteiger partial charge in [-0.3, -0.25) is 4.79 Å². The number of esters is 1. The monoisotopic (exact) mass is 451 g/mol. The number of nitrogens with one attached hydrogen (secondary N) is 1. The molecular formula is C25H25NO7. The van der Waals surface area contributed by atoms with Crippen LogP contribution in [0, 0.1) is 6.92 Å². The van der Waals surface area contributed by atoms with E-state index in [9.17, 15) is 14.4 Å². The third kappa shape index (κ3) is 5.98. The molecule has 1 atom stereocenters. The number of amides is 1. The molecule has 1 aromatic heterocycles. The van der Waals surface area contributed by atoms with Crippen molar-refractivity contribution in [3.63, 3.8) is 0 Å². The van der Waals surface area contributed by atoms with Crippen LogP contribution in [0.4, 0.5) is 0 Å². The summed E-state index contributed by atoms with van der Waals surface area (Å²) in [4.78, 5) is 35.6. The maximum Gasteiger partial charge on any atom is 0.338 e. The maximum absolute atomic E-state index is 12.2. The second-order valence-electron chi connectivity index (χ2n) is 7.91. The summed E-state index contributed by atoms with van der Waals surface area (Å²) in [7, 11) is 0. The lowest BCUT2D eigenvalue weighted by atomic mass is 10.1. The van der Waals surface area contributed by atoms with E-state index < -0.39 is 11.6 Å². The van der Waals surface area contributed by atoms with Gasteiger partial charge in [0.15, 0.2) is 6.61 Å². The van der Waals surface area contributed by atoms with Gasteiger partial charge in [-0.25, -0.2) is 9.59 Å². The topological polar surface area (TPSA) is 104 Å². The van der Waals surface area contributed by atoms with Crippen molar-refractivity contribution < 1.29 is 28.2 Å². The highest BCUT2D eigenvalue weighted by Crippen LogP contribution is 2.23. The van der Waals surface area contributed by atoms with Crippen LogP contribution >= 0.6 is 0 Å². The number of carbonyl (C=O) groups excluding carboxylic acids is 2. The Morgan fingerprint density at radius 2 is 1.94 bits per heavy atom. The fourth-order valence-corrected chi connectivity index (χ4v) is 3.60. The number of hydrogen-bond acceptors (Lipinski definition) is 7. The average molecular weight is 451 g/mol. The van der Waals surface area contributed by atoms with E-state index >= 15 is 0 Å². The summed E-state index contributed by atoms with van der Waals surface area (Å²) in [6, 6.07) is 13.5. The molecule has 8 nitrogen and oxygen atoms in total. The average Bonchev–Trinajstić information content (AvgIpc) is 3.33. The van der Waals surface area contributed by atoms with E-state index in [2.05, 4.69) is 5.32 Å². The van der Waals surface area contributed by atoms with Gasteiger partial charge in [-0.05, 0) is 55.2 Å². The Balaban J connectivity index is 1.26. The molecule has 0 unspecified atom stereocenters. The van der Waals surface area contributed by atoms with Gasteiger partial charge >= 0.3 is 11.6 Å². The summed E-state index contributed by atoms with van der Waals surface area (Å²) >= 11 is 0. The number of carbonyl (C=O) groups is 2. The van der Waals surface area contributed by atoms with Crippen molar-refractivity contribution in [2.24, 2.45) is 0 Å². The van der Waals surface area contributed by atoms with Crippen molar-refractivity contribution in [1.29, 1.82) is 0 Å². The lowest BCUT2D eigenvalue weighted by Crippen LogP contribution is -2.34. The number of hydrogen-bond donors (Lipinski definition) is 1. The van der Waals surface area contributed by atoms with Gasteiger partial charge in [-0.2, -0.15) is 0 Å². The van der Waals surface area contributed by atoms with Gasteiger partial charge in [0.05, 0.1) is 11.7 Å². The molecule has 33 heavy (non-hydrogen) atoms. The Labute approximate surface area is 190 Å². The molecule has 1 fully saturated rings. The Hall–Kier alpha value is -3.65. The zero-order valence-electron chi connectivity index (χ0n) is 18.3. The molecule has 3 aromatic rings. The summed E-state index contributed by atoms with van der Waals surface area (Å²) in [5, 5.41) is 3.56. The van der Waals surface area contributed by atoms with Gasteiger partial charge in [0, 0.05) is 30.7 Å². The molecule has 2 aromatic carbocycles. The van der Waals surface area contributed by atoms with Crippen LogP contribution in [0.15, 0.2) is 57.7 Å². The maximum atomic E-state index is 12.2. The van der Waals surface area contributed by atoms with E-state index in [1.807, 2.05) is 19.1 Å². The molecular weight excluding hydrogens is 426 g/mol. The molecule has 0 bridgehead atoms. The van der Waals surface area contributed by atoms with Crippen LogP contribution < -0.4 is 15.7 Å². The summed E-state index contributed by atoms with van der Waals surface area (Å²) < 4.78 is 21.5. The summed E-state index contributed by atoms with van der Waals surface area (Å²) in [6.07, 6.45) is 1.96. The zero-order valence-corrected chi connectivity index (χ0v) is 18.3. The molecule has 0 radical (unpaired) electrons. The number of fused-ring (bicyclic) bond motifs is 1. The molecule has 4 rings (SSSR count). The Morgan fingerprint density at radius 1 is 1.12 bits per heavy atom. The zero-order chi connectivity index (χ0) is 23.2. The molecule has 0 saturated carbocycles. The summed E-state index contributed by atoms with van der Waals surface area (Å²) in [5.74, 6) is -0.367. The largest absolute Gasteiger partial charge is 0.489 e.